The van der Waals surface area contributed by atoms with Crippen LogP contribution in [0.5, 0.6) is 0 Å². The van der Waals surface area contributed by atoms with E-state index in [1.54, 1.807) is 6.92 Å². The zero-order chi connectivity index (χ0) is 9.45. The molecule has 0 aromatic carbocycles. The van der Waals surface area contributed by atoms with Gasteiger partial charge in [0.1, 0.15) is 0 Å². The summed E-state index contributed by atoms with van der Waals surface area (Å²) < 4.78 is 0. The van der Waals surface area contributed by atoms with Gasteiger partial charge in [0, 0.05) is 0 Å². The monoisotopic (exact) mass is 191 g/mol. The Labute approximate surface area is 79.7 Å². The fourth-order valence-electron chi connectivity index (χ4n) is 1.10. The summed E-state index contributed by atoms with van der Waals surface area (Å²) in [6, 6.07) is 0. The SMILES string of the molecule is CCCCCCCC(C)(Cl)N=O. The number of hydrogen-bond acceptors (Lipinski definition) is 2. The average molecular weight is 192 g/mol. The van der Waals surface area contributed by atoms with Gasteiger partial charge in [0.05, 0.1) is 0 Å². The molecule has 0 N–H and O–H groups in total. The summed E-state index contributed by atoms with van der Waals surface area (Å²) in [5.41, 5.74) is 0. The largest absolute Gasteiger partial charge is 0.172 e. The predicted octanol–water partition coefficient (Wildman–Crippen LogP) is 4.07. The molecule has 0 bridgehead atoms. The van der Waals surface area contributed by atoms with Crippen LogP contribution in [0.4, 0.5) is 0 Å². The van der Waals surface area contributed by atoms with E-state index in [1.807, 2.05) is 0 Å². The molecule has 2 nitrogen and oxygen atoms in total. The van der Waals surface area contributed by atoms with Gasteiger partial charge in [-0.1, -0.05) is 44.2 Å². The van der Waals surface area contributed by atoms with Crippen molar-refractivity contribution in [2.45, 2.75) is 57.4 Å². The van der Waals surface area contributed by atoms with Crippen LogP contribution in [-0.2, 0) is 0 Å². The third-order valence-corrected chi connectivity index (χ3v) is 2.18. The average Bonchev–Trinajstić information content (AvgIpc) is 2.04. The number of alkyl halides is 1. The van der Waals surface area contributed by atoms with Crippen LogP contribution in [-0.4, -0.2) is 5.00 Å². The summed E-state index contributed by atoms with van der Waals surface area (Å²) in [6.45, 7) is 3.85. The minimum atomic E-state index is -0.869. The van der Waals surface area contributed by atoms with E-state index < -0.39 is 5.00 Å². The Hall–Kier alpha value is -0.110. The van der Waals surface area contributed by atoms with Gasteiger partial charge in [0.25, 0.3) is 0 Å². The fourth-order valence-corrected chi connectivity index (χ4v) is 1.23. The maximum atomic E-state index is 10.2. The third kappa shape index (κ3) is 6.59. The molecule has 0 amide bonds. The highest BCUT2D eigenvalue weighted by molar-refractivity contribution is 6.23. The molecule has 0 spiro atoms. The van der Waals surface area contributed by atoms with Crippen molar-refractivity contribution in [3.05, 3.63) is 4.91 Å². The van der Waals surface area contributed by atoms with Gasteiger partial charge in [0.2, 0.25) is 0 Å². The van der Waals surface area contributed by atoms with Gasteiger partial charge in [0.15, 0.2) is 5.00 Å². The molecule has 72 valence electrons. The first-order chi connectivity index (χ1) is 5.62. The molecule has 1 atom stereocenters. The van der Waals surface area contributed by atoms with Gasteiger partial charge in [-0.05, 0) is 24.9 Å². The number of hydrogen-bond donors (Lipinski definition) is 0. The molecule has 0 fully saturated rings. The molecule has 0 heterocycles. The van der Waals surface area contributed by atoms with Crippen molar-refractivity contribution in [1.82, 2.24) is 0 Å². The smallest absolute Gasteiger partial charge is 0.149 e. The van der Waals surface area contributed by atoms with Gasteiger partial charge >= 0.3 is 0 Å². The molecule has 0 saturated heterocycles. The van der Waals surface area contributed by atoms with Crippen molar-refractivity contribution in [2.24, 2.45) is 5.18 Å². The standard InChI is InChI=1S/C9H18ClNO/c1-3-4-5-6-7-8-9(2,10)11-12/h3-8H2,1-2H3. The highest BCUT2D eigenvalue weighted by Gasteiger charge is 2.19. The lowest BCUT2D eigenvalue weighted by molar-refractivity contribution is 0.527. The van der Waals surface area contributed by atoms with Gasteiger partial charge in [-0.2, -0.15) is 0 Å². The molecule has 12 heavy (non-hydrogen) atoms. The Morgan fingerprint density at radius 1 is 1.25 bits per heavy atom. The Balaban J connectivity index is 3.25. The second-order valence-electron chi connectivity index (χ2n) is 3.40. The normalized spacial score (nSPS) is 15.6. The molecule has 0 aliphatic rings. The van der Waals surface area contributed by atoms with Crippen LogP contribution in [0, 0.1) is 4.91 Å². The molecule has 0 aromatic heterocycles. The minimum Gasteiger partial charge on any atom is -0.149 e. The van der Waals surface area contributed by atoms with Crippen LogP contribution >= 0.6 is 11.6 Å². The molecular formula is C9H18ClNO. The molecule has 0 radical (unpaired) electrons. The van der Waals surface area contributed by atoms with Crippen LogP contribution < -0.4 is 0 Å². The fraction of sp³-hybridized carbons (Fsp3) is 1.00. The first-order valence-electron chi connectivity index (χ1n) is 4.66. The molecule has 0 rings (SSSR count). The van der Waals surface area contributed by atoms with Gasteiger partial charge in [-0.25, -0.2) is 0 Å². The van der Waals surface area contributed by atoms with Crippen molar-refractivity contribution in [1.29, 1.82) is 0 Å². The van der Waals surface area contributed by atoms with E-state index in [4.69, 9.17) is 11.6 Å². The van der Waals surface area contributed by atoms with Crippen LogP contribution in [0.1, 0.15) is 52.4 Å². The summed E-state index contributed by atoms with van der Waals surface area (Å²) in [5, 5.41) is 2.85. The van der Waals surface area contributed by atoms with Crippen molar-refractivity contribution in [3.8, 4) is 0 Å². The van der Waals surface area contributed by atoms with E-state index in [2.05, 4.69) is 12.1 Å². The number of unbranched alkanes of at least 4 members (excludes halogenated alkanes) is 4. The molecule has 0 aliphatic heterocycles. The lowest BCUT2D eigenvalue weighted by atomic mass is 10.1. The van der Waals surface area contributed by atoms with E-state index in [9.17, 15) is 4.91 Å². The van der Waals surface area contributed by atoms with Crippen LogP contribution in [0.25, 0.3) is 0 Å². The maximum absolute atomic E-state index is 10.2. The molecule has 0 saturated carbocycles. The molecular weight excluding hydrogens is 174 g/mol. The van der Waals surface area contributed by atoms with Crippen LogP contribution in [0.2, 0.25) is 0 Å². The number of nitroso groups, excluding NO2 is 1. The lowest BCUT2D eigenvalue weighted by Gasteiger charge is -2.11. The van der Waals surface area contributed by atoms with Crippen LogP contribution in [0.3, 0.4) is 0 Å². The topological polar surface area (TPSA) is 29.4 Å². The molecule has 3 heteroatoms. The predicted molar refractivity (Wildman–Crippen MR) is 53.4 cm³/mol. The molecule has 0 aliphatic carbocycles. The van der Waals surface area contributed by atoms with Gasteiger partial charge < -0.3 is 0 Å². The van der Waals surface area contributed by atoms with E-state index in [1.165, 1.54) is 19.3 Å². The second kappa shape index (κ2) is 6.41. The van der Waals surface area contributed by atoms with E-state index in [-0.39, 0.29) is 0 Å². The third-order valence-electron chi connectivity index (χ3n) is 1.93. The summed E-state index contributed by atoms with van der Waals surface area (Å²) in [5.74, 6) is 0. The van der Waals surface area contributed by atoms with Crippen molar-refractivity contribution in [3.63, 3.8) is 0 Å². The zero-order valence-corrected chi connectivity index (χ0v) is 8.73. The summed E-state index contributed by atoms with van der Waals surface area (Å²) in [7, 11) is 0. The van der Waals surface area contributed by atoms with Crippen LogP contribution in [0.15, 0.2) is 5.18 Å². The van der Waals surface area contributed by atoms with Crippen molar-refractivity contribution >= 4 is 11.6 Å². The number of rotatable bonds is 7. The highest BCUT2D eigenvalue weighted by Crippen LogP contribution is 2.23. The Morgan fingerprint density at radius 3 is 2.33 bits per heavy atom. The lowest BCUT2D eigenvalue weighted by Crippen LogP contribution is -2.10. The molecule has 1 unspecified atom stereocenters. The maximum Gasteiger partial charge on any atom is 0.172 e. The summed E-state index contributed by atoms with van der Waals surface area (Å²) >= 11 is 5.75. The minimum absolute atomic E-state index is 0.696. The highest BCUT2D eigenvalue weighted by atomic mass is 35.5. The van der Waals surface area contributed by atoms with E-state index in [0.717, 1.165) is 12.8 Å². The Kier molecular flexibility index (Phi) is 6.35. The van der Waals surface area contributed by atoms with E-state index in [0.29, 0.717) is 6.42 Å². The molecule has 0 aromatic rings. The zero-order valence-electron chi connectivity index (χ0n) is 7.98. The van der Waals surface area contributed by atoms with E-state index >= 15 is 0 Å². The first-order valence-corrected chi connectivity index (χ1v) is 5.03. The number of halogens is 1. The quantitative estimate of drug-likeness (QED) is 0.258. The van der Waals surface area contributed by atoms with Gasteiger partial charge in [-0.3, -0.25) is 0 Å². The van der Waals surface area contributed by atoms with Gasteiger partial charge in [-0.15, -0.1) is 4.91 Å². The Morgan fingerprint density at radius 2 is 1.83 bits per heavy atom. The van der Waals surface area contributed by atoms with Crippen molar-refractivity contribution < 1.29 is 0 Å². The number of nitrogens with zero attached hydrogens (tertiary/aromatic N) is 1. The first kappa shape index (κ1) is 11.9. The second-order valence-corrected chi connectivity index (χ2v) is 4.21. The van der Waals surface area contributed by atoms with Crippen molar-refractivity contribution in [2.75, 3.05) is 0 Å². The summed E-state index contributed by atoms with van der Waals surface area (Å²) in [4.78, 5) is 9.30. The summed E-state index contributed by atoms with van der Waals surface area (Å²) in [6.07, 6.45) is 6.61. The Bertz CT molecular complexity index is 126.